The topological polar surface area (TPSA) is 113 Å². The molecule has 1 heterocycles. The van der Waals surface area contributed by atoms with Gasteiger partial charge in [-0.1, -0.05) is 30.5 Å². The third-order valence-corrected chi connectivity index (χ3v) is 9.36. The van der Waals surface area contributed by atoms with E-state index in [4.69, 9.17) is 0 Å². The van der Waals surface area contributed by atoms with Crippen LogP contribution in [0.1, 0.15) is 41.6 Å². The smallest absolute Gasteiger partial charge is 0.261 e. The summed E-state index contributed by atoms with van der Waals surface area (Å²) < 4.78 is 55.0. The van der Waals surface area contributed by atoms with Crippen LogP contribution in [0.25, 0.3) is 0 Å². The second-order valence-corrected chi connectivity index (χ2v) is 12.4. The highest BCUT2D eigenvalue weighted by molar-refractivity contribution is 7.92. The van der Waals surface area contributed by atoms with Crippen LogP contribution in [0.2, 0.25) is 0 Å². The molecular weight excluding hydrogens is 498 g/mol. The van der Waals surface area contributed by atoms with Crippen molar-refractivity contribution in [2.45, 2.75) is 42.4 Å². The Morgan fingerprint density at radius 3 is 1.81 bits per heavy atom. The molecule has 190 valence electrons. The summed E-state index contributed by atoms with van der Waals surface area (Å²) in [5, 5.41) is 2.74. The van der Waals surface area contributed by atoms with E-state index in [9.17, 15) is 21.6 Å². The number of rotatable bonds is 7. The van der Waals surface area contributed by atoms with Gasteiger partial charge in [-0.2, -0.15) is 4.31 Å². The van der Waals surface area contributed by atoms with E-state index in [1.807, 2.05) is 6.92 Å². The number of aryl methyl sites for hydroxylation is 1. The van der Waals surface area contributed by atoms with Gasteiger partial charge in [-0.15, -0.1) is 0 Å². The monoisotopic (exact) mass is 527 g/mol. The van der Waals surface area contributed by atoms with E-state index in [0.29, 0.717) is 30.0 Å². The Morgan fingerprint density at radius 2 is 1.22 bits per heavy atom. The molecule has 0 unspecified atom stereocenters. The maximum atomic E-state index is 12.9. The lowest BCUT2D eigenvalue weighted by Gasteiger charge is -2.20. The molecule has 0 radical (unpaired) electrons. The van der Waals surface area contributed by atoms with Crippen LogP contribution >= 0.6 is 0 Å². The molecule has 0 atom stereocenters. The second-order valence-electron chi connectivity index (χ2n) is 8.79. The SMILES string of the molecule is Cc1ccc(S(=O)(=O)Nc2ccc(C(=O)Nc3ccc(S(=O)(=O)N4CCCCCC4)cc3)cc2)cc1. The van der Waals surface area contributed by atoms with Crippen LogP contribution in [0.3, 0.4) is 0 Å². The molecule has 0 aromatic heterocycles. The van der Waals surface area contributed by atoms with Gasteiger partial charge in [-0.3, -0.25) is 9.52 Å². The van der Waals surface area contributed by atoms with Crippen molar-refractivity contribution in [2.75, 3.05) is 23.1 Å². The Kier molecular flexibility index (Phi) is 7.77. The molecule has 1 fully saturated rings. The molecule has 1 amide bonds. The predicted molar refractivity (Wildman–Crippen MR) is 140 cm³/mol. The normalized spacial score (nSPS) is 15.1. The average Bonchev–Trinajstić information content (AvgIpc) is 3.15. The van der Waals surface area contributed by atoms with Gasteiger partial charge in [0.05, 0.1) is 9.79 Å². The van der Waals surface area contributed by atoms with Gasteiger partial charge in [0, 0.05) is 30.0 Å². The Labute approximate surface area is 212 Å². The number of hydrogen-bond donors (Lipinski definition) is 2. The summed E-state index contributed by atoms with van der Waals surface area (Å²) in [5.74, 6) is -0.397. The Morgan fingerprint density at radius 1 is 0.694 bits per heavy atom. The molecule has 3 aromatic carbocycles. The van der Waals surface area contributed by atoms with E-state index < -0.39 is 26.0 Å². The number of benzene rings is 3. The number of sulfonamides is 2. The number of carbonyl (C=O) groups excluding carboxylic acids is 1. The fourth-order valence-electron chi connectivity index (χ4n) is 3.97. The van der Waals surface area contributed by atoms with Crippen LogP contribution in [0, 0.1) is 6.92 Å². The summed E-state index contributed by atoms with van der Waals surface area (Å²) in [4.78, 5) is 13.0. The Balaban J connectivity index is 1.39. The zero-order valence-corrected chi connectivity index (χ0v) is 21.6. The fourth-order valence-corrected chi connectivity index (χ4v) is 6.54. The molecule has 4 rings (SSSR count). The van der Waals surface area contributed by atoms with Crippen molar-refractivity contribution in [2.24, 2.45) is 0 Å². The van der Waals surface area contributed by atoms with Crippen molar-refractivity contribution in [3.63, 3.8) is 0 Å². The van der Waals surface area contributed by atoms with Gasteiger partial charge < -0.3 is 5.32 Å². The van der Waals surface area contributed by atoms with Gasteiger partial charge in [0.15, 0.2) is 0 Å². The summed E-state index contributed by atoms with van der Waals surface area (Å²) in [5.41, 5.74) is 2.07. The molecule has 2 N–H and O–H groups in total. The maximum absolute atomic E-state index is 12.9. The van der Waals surface area contributed by atoms with E-state index in [0.717, 1.165) is 31.2 Å². The first-order valence-electron chi connectivity index (χ1n) is 11.8. The minimum absolute atomic E-state index is 0.149. The minimum atomic E-state index is -3.74. The number of nitrogens with one attached hydrogen (secondary N) is 2. The molecule has 0 spiro atoms. The Bertz CT molecular complexity index is 1410. The zero-order chi connectivity index (χ0) is 25.8. The van der Waals surface area contributed by atoms with Gasteiger partial charge in [-0.25, -0.2) is 16.8 Å². The second kappa shape index (κ2) is 10.8. The highest BCUT2D eigenvalue weighted by atomic mass is 32.2. The first-order valence-corrected chi connectivity index (χ1v) is 14.7. The predicted octanol–water partition coefficient (Wildman–Crippen LogP) is 4.61. The fraction of sp³-hybridized carbons (Fsp3) is 0.269. The van der Waals surface area contributed by atoms with Crippen LogP contribution in [-0.2, 0) is 20.0 Å². The third kappa shape index (κ3) is 6.13. The van der Waals surface area contributed by atoms with E-state index >= 15 is 0 Å². The molecule has 1 saturated heterocycles. The third-order valence-electron chi connectivity index (χ3n) is 6.05. The van der Waals surface area contributed by atoms with Crippen LogP contribution in [0.5, 0.6) is 0 Å². The van der Waals surface area contributed by atoms with Crippen LogP contribution < -0.4 is 10.0 Å². The van der Waals surface area contributed by atoms with Crippen molar-refractivity contribution in [1.29, 1.82) is 0 Å². The molecule has 1 aliphatic rings. The molecule has 36 heavy (non-hydrogen) atoms. The van der Waals surface area contributed by atoms with Gasteiger partial charge >= 0.3 is 0 Å². The van der Waals surface area contributed by atoms with Crippen molar-refractivity contribution in [1.82, 2.24) is 4.31 Å². The van der Waals surface area contributed by atoms with Gasteiger partial charge in [0.1, 0.15) is 0 Å². The van der Waals surface area contributed by atoms with E-state index in [1.54, 1.807) is 24.3 Å². The minimum Gasteiger partial charge on any atom is -0.322 e. The summed E-state index contributed by atoms with van der Waals surface area (Å²) in [7, 11) is -7.30. The van der Waals surface area contributed by atoms with Crippen molar-refractivity contribution < 1.29 is 21.6 Å². The highest BCUT2D eigenvalue weighted by Crippen LogP contribution is 2.23. The van der Waals surface area contributed by atoms with Gasteiger partial charge in [0.25, 0.3) is 15.9 Å². The number of carbonyl (C=O) groups is 1. The van der Waals surface area contributed by atoms with E-state index in [1.165, 1.54) is 52.8 Å². The molecule has 0 aliphatic carbocycles. The van der Waals surface area contributed by atoms with Crippen LogP contribution in [0.15, 0.2) is 82.6 Å². The van der Waals surface area contributed by atoms with Crippen LogP contribution in [0.4, 0.5) is 11.4 Å². The Hall–Kier alpha value is -3.21. The van der Waals surface area contributed by atoms with Crippen LogP contribution in [-0.4, -0.2) is 40.1 Å². The first-order chi connectivity index (χ1) is 17.1. The molecule has 0 saturated carbocycles. The van der Waals surface area contributed by atoms with E-state index in [2.05, 4.69) is 10.0 Å². The molecule has 3 aromatic rings. The molecule has 10 heteroatoms. The number of hydrogen-bond acceptors (Lipinski definition) is 5. The number of nitrogens with zero attached hydrogens (tertiary/aromatic N) is 1. The molecular formula is C26H29N3O5S2. The largest absolute Gasteiger partial charge is 0.322 e. The lowest BCUT2D eigenvalue weighted by Crippen LogP contribution is -2.31. The summed E-state index contributed by atoms with van der Waals surface area (Å²) in [6, 6.07) is 18.7. The van der Waals surface area contributed by atoms with Crippen molar-refractivity contribution in [3.8, 4) is 0 Å². The lowest BCUT2D eigenvalue weighted by atomic mass is 10.2. The standard InChI is InChI=1S/C26H29N3O5S2/c1-20-6-14-24(15-7-20)35(31,32)28-23-10-8-21(9-11-23)26(30)27-22-12-16-25(17-13-22)36(33,34)29-18-4-2-3-5-19-29/h6-17,28H,2-5,18-19H2,1H3,(H,27,30). The number of amides is 1. The van der Waals surface area contributed by atoms with Gasteiger partial charge in [0.2, 0.25) is 10.0 Å². The average molecular weight is 528 g/mol. The van der Waals surface area contributed by atoms with Crippen molar-refractivity contribution >= 4 is 37.3 Å². The first kappa shape index (κ1) is 25.9. The van der Waals surface area contributed by atoms with Crippen molar-refractivity contribution in [3.05, 3.63) is 83.9 Å². The zero-order valence-electron chi connectivity index (χ0n) is 20.0. The molecule has 1 aliphatic heterocycles. The maximum Gasteiger partial charge on any atom is 0.261 e. The molecule has 0 bridgehead atoms. The number of anilines is 2. The molecule has 8 nitrogen and oxygen atoms in total. The highest BCUT2D eigenvalue weighted by Gasteiger charge is 2.25. The lowest BCUT2D eigenvalue weighted by molar-refractivity contribution is 0.102. The van der Waals surface area contributed by atoms with Gasteiger partial charge in [-0.05, 0) is 80.4 Å². The summed E-state index contributed by atoms with van der Waals surface area (Å²) in [6.45, 7) is 2.93. The quantitative estimate of drug-likeness (QED) is 0.466. The summed E-state index contributed by atoms with van der Waals surface area (Å²) >= 11 is 0. The van der Waals surface area contributed by atoms with E-state index in [-0.39, 0.29) is 9.79 Å². The summed E-state index contributed by atoms with van der Waals surface area (Å²) in [6.07, 6.45) is 3.80.